The quantitative estimate of drug-likeness (QED) is 0.712. The smallest absolute Gasteiger partial charge is 0.407 e. The number of carboxylic acid groups (broad SMARTS) is 1. The normalized spacial score (nSPS) is 11.6. The summed E-state index contributed by atoms with van der Waals surface area (Å²) in [6.07, 6.45) is -0.672. The zero-order chi connectivity index (χ0) is 21.7. The Bertz CT molecular complexity index is 968. The Hall–Kier alpha value is -3.07. The van der Waals surface area contributed by atoms with Gasteiger partial charge in [-0.3, -0.25) is 4.31 Å². The number of ether oxygens (including phenoxy) is 1. The standard InChI is InChI=1S/C20H24N2O6S/c1-20(2,3)28-19(25)21-13-14-22(15-9-5-4-6-10-15)29(26,27)17-12-8-7-11-16(17)18(23)24/h4-12H,13-14H2,1-3H3,(H,21,25)(H,23,24). The number of nitrogens with one attached hydrogen (secondary N) is 1. The number of carbonyl (C=O) groups is 2. The summed E-state index contributed by atoms with van der Waals surface area (Å²) in [6.45, 7) is 5.01. The van der Waals surface area contributed by atoms with Crippen molar-refractivity contribution in [3.63, 3.8) is 0 Å². The van der Waals surface area contributed by atoms with Gasteiger partial charge in [-0.25, -0.2) is 18.0 Å². The molecule has 9 heteroatoms. The summed E-state index contributed by atoms with van der Waals surface area (Å²) in [5.41, 5.74) is -0.664. The lowest BCUT2D eigenvalue weighted by molar-refractivity contribution is 0.0529. The van der Waals surface area contributed by atoms with E-state index < -0.39 is 27.7 Å². The highest BCUT2D eigenvalue weighted by Crippen LogP contribution is 2.25. The van der Waals surface area contributed by atoms with E-state index in [1.165, 1.54) is 24.3 Å². The Balaban J connectivity index is 2.32. The third kappa shape index (κ3) is 5.95. The van der Waals surface area contributed by atoms with Crippen molar-refractivity contribution in [2.24, 2.45) is 0 Å². The van der Waals surface area contributed by atoms with Crippen molar-refractivity contribution in [1.29, 1.82) is 0 Å². The lowest BCUT2D eigenvalue weighted by atomic mass is 10.2. The van der Waals surface area contributed by atoms with Crippen LogP contribution in [-0.4, -0.2) is 44.3 Å². The third-order valence-electron chi connectivity index (χ3n) is 3.71. The van der Waals surface area contributed by atoms with Gasteiger partial charge in [-0.1, -0.05) is 30.3 Å². The Labute approximate surface area is 170 Å². The number of carboxylic acids is 1. The van der Waals surface area contributed by atoms with Gasteiger partial charge in [0.15, 0.2) is 0 Å². The molecule has 2 N–H and O–H groups in total. The van der Waals surface area contributed by atoms with Crippen LogP contribution in [0.15, 0.2) is 59.5 Å². The molecule has 0 saturated heterocycles. The lowest BCUT2D eigenvalue weighted by Crippen LogP contribution is -2.40. The van der Waals surface area contributed by atoms with Crippen LogP contribution in [-0.2, 0) is 14.8 Å². The second-order valence-corrected chi connectivity index (χ2v) is 8.97. The van der Waals surface area contributed by atoms with Gasteiger partial charge in [0.1, 0.15) is 10.5 Å². The van der Waals surface area contributed by atoms with E-state index in [-0.39, 0.29) is 23.5 Å². The van der Waals surface area contributed by atoms with Gasteiger partial charge in [-0.15, -0.1) is 0 Å². The molecule has 0 aliphatic carbocycles. The van der Waals surface area contributed by atoms with Crippen molar-refractivity contribution in [3.8, 4) is 0 Å². The minimum Gasteiger partial charge on any atom is -0.478 e. The topological polar surface area (TPSA) is 113 Å². The highest BCUT2D eigenvalue weighted by Gasteiger charge is 2.29. The van der Waals surface area contributed by atoms with Gasteiger partial charge >= 0.3 is 12.1 Å². The average molecular weight is 420 g/mol. The largest absolute Gasteiger partial charge is 0.478 e. The number of aromatic carboxylic acids is 1. The summed E-state index contributed by atoms with van der Waals surface area (Å²) in [5.74, 6) is -1.34. The third-order valence-corrected chi connectivity index (χ3v) is 5.60. The molecule has 0 atom stereocenters. The van der Waals surface area contributed by atoms with Crippen LogP contribution in [0.4, 0.5) is 10.5 Å². The molecule has 0 aromatic heterocycles. The van der Waals surface area contributed by atoms with Crippen molar-refractivity contribution in [1.82, 2.24) is 5.32 Å². The Morgan fingerprint density at radius 3 is 2.21 bits per heavy atom. The van der Waals surface area contributed by atoms with Crippen LogP contribution < -0.4 is 9.62 Å². The number of rotatable bonds is 7. The fraction of sp³-hybridized carbons (Fsp3) is 0.300. The number of carbonyl (C=O) groups excluding carboxylic acids is 1. The lowest BCUT2D eigenvalue weighted by Gasteiger charge is -2.26. The summed E-state index contributed by atoms with van der Waals surface area (Å²) < 4.78 is 32.8. The predicted octanol–water partition coefficient (Wildman–Crippen LogP) is 3.10. The maximum absolute atomic E-state index is 13.3. The number of amides is 1. The molecule has 2 rings (SSSR count). The first-order valence-electron chi connectivity index (χ1n) is 8.89. The summed E-state index contributed by atoms with van der Waals surface area (Å²) in [6, 6.07) is 13.7. The first-order valence-corrected chi connectivity index (χ1v) is 10.3. The minimum atomic E-state index is -4.20. The highest BCUT2D eigenvalue weighted by molar-refractivity contribution is 7.93. The molecule has 2 aromatic carbocycles. The molecular weight excluding hydrogens is 396 g/mol. The van der Waals surface area contributed by atoms with Gasteiger partial charge in [0.2, 0.25) is 0 Å². The number of benzene rings is 2. The van der Waals surface area contributed by atoms with Crippen LogP contribution in [0.5, 0.6) is 0 Å². The number of anilines is 1. The fourth-order valence-corrected chi connectivity index (χ4v) is 4.20. The Morgan fingerprint density at radius 1 is 1.03 bits per heavy atom. The van der Waals surface area contributed by atoms with Crippen molar-refractivity contribution in [2.45, 2.75) is 31.3 Å². The second-order valence-electron chi connectivity index (χ2n) is 7.14. The number of hydrogen-bond acceptors (Lipinski definition) is 5. The first-order chi connectivity index (χ1) is 13.5. The minimum absolute atomic E-state index is 0.0295. The monoisotopic (exact) mass is 420 g/mol. The van der Waals surface area contributed by atoms with Crippen molar-refractivity contribution < 1.29 is 27.9 Å². The Kier molecular flexibility index (Phi) is 6.86. The van der Waals surface area contributed by atoms with Crippen molar-refractivity contribution in [3.05, 3.63) is 60.2 Å². The zero-order valence-electron chi connectivity index (χ0n) is 16.5. The van der Waals surface area contributed by atoms with E-state index in [2.05, 4.69) is 5.32 Å². The summed E-state index contributed by atoms with van der Waals surface area (Å²) in [7, 11) is -4.20. The molecule has 0 saturated carbocycles. The molecule has 0 spiro atoms. The maximum atomic E-state index is 13.3. The molecule has 29 heavy (non-hydrogen) atoms. The number of sulfonamides is 1. The van der Waals surface area contributed by atoms with Crippen LogP contribution >= 0.6 is 0 Å². The van der Waals surface area contributed by atoms with E-state index in [1.807, 2.05) is 0 Å². The van der Waals surface area contributed by atoms with E-state index in [1.54, 1.807) is 51.1 Å². The van der Waals surface area contributed by atoms with E-state index in [9.17, 15) is 23.1 Å². The summed E-state index contributed by atoms with van der Waals surface area (Å²) >= 11 is 0. The molecule has 0 heterocycles. The van der Waals surface area contributed by atoms with Gasteiger partial charge < -0.3 is 15.2 Å². The molecule has 156 valence electrons. The van der Waals surface area contributed by atoms with Gasteiger partial charge in [0, 0.05) is 6.54 Å². The molecular formula is C20H24N2O6S. The molecule has 8 nitrogen and oxygen atoms in total. The van der Waals surface area contributed by atoms with E-state index in [4.69, 9.17) is 4.74 Å². The number of hydrogen-bond donors (Lipinski definition) is 2. The first kappa shape index (κ1) is 22.2. The molecule has 0 aliphatic rings. The molecule has 1 amide bonds. The van der Waals surface area contributed by atoms with Gasteiger partial charge in [0.25, 0.3) is 10.0 Å². The SMILES string of the molecule is CC(C)(C)OC(=O)NCCN(c1ccccc1)S(=O)(=O)c1ccccc1C(=O)O. The van der Waals surface area contributed by atoms with Gasteiger partial charge in [0.05, 0.1) is 17.8 Å². The maximum Gasteiger partial charge on any atom is 0.407 e. The average Bonchev–Trinajstić information content (AvgIpc) is 2.64. The molecule has 2 aromatic rings. The molecule has 0 bridgehead atoms. The second kappa shape index (κ2) is 8.95. The molecule has 0 aliphatic heterocycles. The number of para-hydroxylation sites is 1. The highest BCUT2D eigenvalue weighted by atomic mass is 32.2. The summed E-state index contributed by atoms with van der Waals surface area (Å²) in [4.78, 5) is 23.0. The van der Waals surface area contributed by atoms with Gasteiger partial charge in [-0.2, -0.15) is 0 Å². The number of alkyl carbamates (subject to hydrolysis) is 1. The molecule has 0 unspecified atom stereocenters. The van der Waals surface area contributed by atoms with Crippen molar-refractivity contribution in [2.75, 3.05) is 17.4 Å². The Morgan fingerprint density at radius 2 is 1.62 bits per heavy atom. The van der Waals surface area contributed by atoms with Crippen LogP contribution in [0.1, 0.15) is 31.1 Å². The molecule has 0 fully saturated rings. The van der Waals surface area contributed by atoms with Crippen LogP contribution in [0.2, 0.25) is 0 Å². The van der Waals surface area contributed by atoms with E-state index in [0.29, 0.717) is 5.69 Å². The molecule has 0 radical (unpaired) electrons. The van der Waals surface area contributed by atoms with E-state index in [0.717, 1.165) is 4.31 Å². The van der Waals surface area contributed by atoms with Crippen LogP contribution in [0, 0.1) is 0 Å². The predicted molar refractivity (Wildman–Crippen MR) is 109 cm³/mol. The van der Waals surface area contributed by atoms with Crippen LogP contribution in [0.3, 0.4) is 0 Å². The fourth-order valence-electron chi connectivity index (χ4n) is 2.54. The van der Waals surface area contributed by atoms with Crippen LogP contribution in [0.25, 0.3) is 0 Å². The zero-order valence-corrected chi connectivity index (χ0v) is 17.3. The van der Waals surface area contributed by atoms with Gasteiger partial charge in [-0.05, 0) is 45.0 Å². The summed E-state index contributed by atoms with van der Waals surface area (Å²) in [5, 5.41) is 11.9. The van der Waals surface area contributed by atoms with E-state index >= 15 is 0 Å². The van der Waals surface area contributed by atoms with Crippen molar-refractivity contribution >= 4 is 27.8 Å². The number of nitrogens with zero attached hydrogens (tertiary/aromatic N) is 1.